The van der Waals surface area contributed by atoms with Crippen LogP contribution in [0.4, 0.5) is 10.1 Å². The van der Waals surface area contributed by atoms with Gasteiger partial charge in [-0.1, -0.05) is 30.3 Å². The van der Waals surface area contributed by atoms with Crippen molar-refractivity contribution in [1.82, 2.24) is 4.31 Å². The molecule has 0 aliphatic carbocycles. The van der Waals surface area contributed by atoms with Crippen LogP contribution in [0.2, 0.25) is 0 Å². The molecule has 4 nitrogen and oxygen atoms in total. The van der Waals surface area contributed by atoms with E-state index in [0.717, 1.165) is 24.1 Å². The van der Waals surface area contributed by atoms with Crippen molar-refractivity contribution < 1.29 is 12.8 Å². The lowest BCUT2D eigenvalue weighted by Gasteiger charge is -2.25. The molecule has 1 atom stereocenters. The van der Waals surface area contributed by atoms with Crippen molar-refractivity contribution in [2.24, 2.45) is 0 Å². The molecule has 1 heterocycles. The number of halogens is 1. The second-order valence-electron chi connectivity index (χ2n) is 6.61. The number of rotatable bonds is 5. The third kappa shape index (κ3) is 3.85. The first-order chi connectivity index (χ1) is 11.9. The molecule has 1 aliphatic heterocycles. The van der Waals surface area contributed by atoms with E-state index in [1.807, 2.05) is 43.3 Å². The topological polar surface area (TPSA) is 40.6 Å². The molecule has 0 saturated carbocycles. The third-order valence-corrected chi connectivity index (χ3v) is 6.46. The molecule has 0 spiro atoms. The lowest BCUT2D eigenvalue weighted by Crippen LogP contribution is -2.32. The molecule has 0 unspecified atom stereocenters. The second-order valence-corrected chi connectivity index (χ2v) is 8.53. The van der Waals surface area contributed by atoms with Crippen LogP contribution in [-0.4, -0.2) is 33.4 Å². The maximum Gasteiger partial charge on any atom is 0.218 e. The molecular formula is C19H23FN2O2S. The molecule has 0 bridgehead atoms. The number of anilines is 1. The van der Waals surface area contributed by atoms with Crippen LogP contribution in [0.1, 0.15) is 30.0 Å². The van der Waals surface area contributed by atoms with Gasteiger partial charge in [0.25, 0.3) is 0 Å². The van der Waals surface area contributed by atoms with Gasteiger partial charge in [0.2, 0.25) is 10.0 Å². The molecule has 2 aromatic carbocycles. The van der Waals surface area contributed by atoms with E-state index in [2.05, 4.69) is 0 Å². The van der Waals surface area contributed by atoms with Crippen LogP contribution < -0.4 is 4.90 Å². The van der Waals surface area contributed by atoms with E-state index >= 15 is 0 Å². The van der Waals surface area contributed by atoms with Crippen LogP contribution in [0.5, 0.6) is 0 Å². The molecule has 134 valence electrons. The largest absolute Gasteiger partial charge is 0.378 e. The van der Waals surface area contributed by atoms with Crippen molar-refractivity contribution in [3.8, 4) is 0 Å². The average molecular weight is 362 g/mol. The third-order valence-electron chi connectivity index (χ3n) is 4.63. The first-order valence-electron chi connectivity index (χ1n) is 8.39. The van der Waals surface area contributed by atoms with Crippen LogP contribution in [0.25, 0.3) is 0 Å². The van der Waals surface area contributed by atoms with E-state index in [-0.39, 0.29) is 17.4 Å². The Hall–Kier alpha value is -1.92. The molecule has 3 rings (SSSR count). The number of nitrogens with zero attached hydrogens (tertiary/aromatic N) is 2. The van der Waals surface area contributed by atoms with Gasteiger partial charge in [-0.05, 0) is 36.6 Å². The first-order valence-corrected chi connectivity index (χ1v) is 9.99. The Kier molecular flexibility index (Phi) is 5.11. The zero-order valence-electron chi connectivity index (χ0n) is 14.5. The summed E-state index contributed by atoms with van der Waals surface area (Å²) in [5.74, 6) is -0.778. The van der Waals surface area contributed by atoms with Crippen molar-refractivity contribution in [1.29, 1.82) is 0 Å². The first kappa shape index (κ1) is 17.9. The van der Waals surface area contributed by atoms with Crippen LogP contribution in [0, 0.1) is 5.82 Å². The molecule has 0 radical (unpaired) electrons. The molecule has 1 fully saturated rings. The summed E-state index contributed by atoms with van der Waals surface area (Å²) in [4.78, 5) is 2.00. The Morgan fingerprint density at radius 1 is 1.16 bits per heavy atom. The SMILES string of the molecule is CN(C)c1cccc([C@@H]2CCCN2S(=O)(=O)Cc2ccccc2F)c1. The molecule has 25 heavy (non-hydrogen) atoms. The average Bonchev–Trinajstić information content (AvgIpc) is 3.08. The summed E-state index contributed by atoms with van der Waals surface area (Å²) in [5.41, 5.74) is 2.24. The van der Waals surface area contributed by atoms with Gasteiger partial charge in [0, 0.05) is 37.9 Å². The fourth-order valence-corrected chi connectivity index (χ4v) is 5.13. The minimum Gasteiger partial charge on any atom is -0.378 e. The molecule has 0 N–H and O–H groups in total. The summed E-state index contributed by atoms with van der Waals surface area (Å²) in [5, 5.41) is 0. The summed E-state index contributed by atoms with van der Waals surface area (Å²) in [6, 6.07) is 13.8. The fourth-order valence-electron chi connectivity index (χ4n) is 3.31. The van der Waals surface area contributed by atoms with Crippen LogP contribution >= 0.6 is 0 Å². The van der Waals surface area contributed by atoms with E-state index < -0.39 is 15.8 Å². The Bertz CT molecular complexity index is 852. The Labute approximate surface area is 148 Å². The monoisotopic (exact) mass is 362 g/mol. The molecule has 1 aliphatic rings. The number of benzene rings is 2. The van der Waals surface area contributed by atoms with Gasteiger partial charge in [-0.2, -0.15) is 4.31 Å². The lowest BCUT2D eigenvalue weighted by molar-refractivity contribution is 0.395. The molecule has 1 saturated heterocycles. The van der Waals surface area contributed by atoms with Crippen molar-refractivity contribution in [2.45, 2.75) is 24.6 Å². The van der Waals surface area contributed by atoms with Gasteiger partial charge in [-0.15, -0.1) is 0 Å². The predicted octanol–water partition coefficient (Wildman–Crippen LogP) is 3.56. The van der Waals surface area contributed by atoms with Crippen LogP contribution in [0.3, 0.4) is 0 Å². The smallest absolute Gasteiger partial charge is 0.218 e. The minimum atomic E-state index is -3.59. The Balaban J connectivity index is 1.88. The van der Waals surface area contributed by atoms with Crippen molar-refractivity contribution in [3.63, 3.8) is 0 Å². The maximum absolute atomic E-state index is 13.9. The van der Waals surface area contributed by atoms with E-state index in [0.29, 0.717) is 6.54 Å². The molecule has 6 heteroatoms. The molecular weight excluding hydrogens is 339 g/mol. The van der Waals surface area contributed by atoms with Crippen LogP contribution in [0.15, 0.2) is 48.5 Å². The fraction of sp³-hybridized carbons (Fsp3) is 0.368. The van der Waals surface area contributed by atoms with E-state index in [4.69, 9.17) is 0 Å². The highest BCUT2D eigenvalue weighted by Gasteiger charge is 2.35. The summed E-state index contributed by atoms with van der Waals surface area (Å²) < 4.78 is 41.2. The highest BCUT2D eigenvalue weighted by molar-refractivity contribution is 7.88. The summed E-state index contributed by atoms with van der Waals surface area (Å²) in [6.07, 6.45) is 1.60. The standard InChI is InChI=1S/C19H23FN2O2S/c1-21(2)17-9-5-8-15(13-17)19-11-6-12-22(19)25(23,24)14-16-7-3-4-10-18(16)20/h3-5,7-10,13,19H,6,11-12,14H2,1-2H3/t19-/m0/s1. The zero-order valence-corrected chi connectivity index (χ0v) is 15.3. The highest BCUT2D eigenvalue weighted by atomic mass is 32.2. The number of sulfonamides is 1. The van der Waals surface area contributed by atoms with Gasteiger partial charge in [-0.25, -0.2) is 12.8 Å². The molecule has 0 aromatic heterocycles. The van der Waals surface area contributed by atoms with Crippen molar-refractivity contribution in [3.05, 3.63) is 65.5 Å². The van der Waals surface area contributed by atoms with E-state index in [1.165, 1.54) is 16.4 Å². The quantitative estimate of drug-likeness (QED) is 0.817. The minimum absolute atomic E-state index is 0.184. The summed E-state index contributed by atoms with van der Waals surface area (Å²) in [6.45, 7) is 0.480. The number of hydrogen-bond donors (Lipinski definition) is 0. The van der Waals surface area contributed by atoms with Gasteiger partial charge < -0.3 is 4.90 Å². The predicted molar refractivity (Wildman–Crippen MR) is 98.5 cm³/mol. The van der Waals surface area contributed by atoms with Gasteiger partial charge in [0.15, 0.2) is 0 Å². The van der Waals surface area contributed by atoms with Crippen LogP contribution in [-0.2, 0) is 15.8 Å². The zero-order chi connectivity index (χ0) is 18.0. The van der Waals surface area contributed by atoms with E-state index in [9.17, 15) is 12.8 Å². The lowest BCUT2D eigenvalue weighted by atomic mass is 10.0. The van der Waals surface area contributed by atoms with Gasteiger partial charge in [0.05, 0.1) is 5.75 Å². The summed E-state index contributed by atoms with van der Waals surface area (Å²) >= 11 is 0. The summed E-state index contributed by atoms with van der Waals surface area (Å²) in [7, 11) is 0.331. The maximum atomic E-state index is 13.9. The van der Waals surface area contributed by atoms with E-state index in [1.54, 1.807) is 12.1 Å². The highest BCUT2D eigenvalue weighted by Crippen LogP contribution is 2.36. The van der Waals surface area contributed by atoms with Gasteiger partial charge >= 0.3 is 0 Å². The van der Waals surface area contributed by atoms with Crippen molar-refractivity contribution >= 4 is 15.7 Å². The van der Waals surface area contributed by atoms with Crippen molar-refractivity contribution in [2.75, 3.05) is 25.5 Å². The second kappa shape index (κ2) is 7.14. The Morgan fingerprint density at radius 2 is 1.92 bits per heavy atom. The molecule has 0 amide bonds. The Morgan fingerprint density at radius 3 is 2.64 bits per heavy atom. The van der Waals surface area contributed by atoms with Gasteiger partial charge in [-0.3, -0.25) is 0 Å². The molecule has 2 aromatic rings. The van der Waals surface area contributed by atoms with Gasteiger partial charge in [0.1, 0.15) is 5.82 Å². The number of hydrogen-bond acceptors (Lipinski definition) is 3. The normalized spacial score (nSPS) is 18.4.